The van der Waals surface area contributed by atoms with Crippen molar-refractivity contribution in [1.29, 1.82) is 0 Å². The predicted molar refractivity (Wildman–Crippen MR) is 101 cm³/mol. The number of aryl methyl sites for hydroxylation is 2. The minimum atomic E-state index is -0.286. The molecule has 0 radical (unpaired) electrons. The lowest BCUT2D eigenvalue weighted by atomic mass is 10.2. The van der Waals surface area contributed by atoms with Crippen LogP contribution in [0.15, 0.2) is 47.0 Å². The number of nitrogens with one attached hydrogen (secondary N) is 1. The van der Waals surface area contributed by atoms with E-state index in [0.29, 0.717) is 33.7 Å². The van der Waals surface area contributed by atoms with Crippen LogP contribution >= 0.6 is 23.2 Å². The number of aromatic nitrogens is 1. The molecule has 1 N–H and O–H groups in total. The zero-order chi connectivity index (χ0) is 18.7. The van der Waals surface area contributed by atoms with Gasteiger partial charge in [0.1, 0.15) is 18.1 Å². The van der Waals surface area contributed by atoms with E-state index in [4.69, 9.17) is 32.5 Å². The number of ether oxygens (including phenoxy) is 1. The molecule has 1 aromatic heterocycles. The van der Waals surface area contributed by atoms with Crippen LogP contribution in [-0.4, -0.2) is 11.1 Å². The fraction of sp³-hybridized carbons (Fsp3) is 0.158. The van der Waals surface area contributed by atoms with Gasteiger partial charge in [-0.25, -0.2) is 0 Å². The number of nitrogens with zero attached hydrogens (tertiary/aromatic N) is 1. The number of benzene rings is 2. The van der Waals surface area contributed by atoms with E-state index in [-0.39, 0.29) is 5.91 Å². The van der Waals surface area contributed by atoms with Crippen molar-refractivity contribution in [2.45, 2.75) is 20.5 Å². The molecule has 0 aliphatic carbocycles. The Morgan fingerprint density at radius 3 is 2.54 bits per heavy atom. The number of halogens is 2. The third-order valence-corrected chi connectivity index (χ3v) is 4.70. The fourth-order valence-electron chi connectivity index (χ4n) is 2.36. The second-order valence-corrected chi connectivity index (χ2v) is 6.46. The van der Waals surface area contributed by atoms with E-state index in [1.807, 2.05) is 13.8 Å². The van der Waals surface area contributed by atoms with Gasteiger partial charge in [-0.15, -0.1) is 0 Å². The van der Waals surface area contributed by atoms with Crippen molar-refractivity contribution in [3.05, 3.63) is 75.1 Å². The first-order valence-corrected chi connectivity index (χ1v) is 8.61. The first-order chi connectivity index (χ1) is 12.5. The molecule has 0 unspecified atom stereocenters. The van der Waals surface area contributed by atoms with Crippen molar-refractivity contribution in [3.8, 4) is 5.75 Å². The van der Waals surface area contributed by atoms with Gasteiger partial charge in [-0.05, 0) is 50.2 Å². The molecule has 26 heavy (non-hydrogen) atoms. The van der Waals surface area contributed by atoms with Crippen LogP contribution in [0, 0.1) is 13.8 Å². The van der Waals surface area contributed by atoms with Crippen molar-refractivity contribution < 1.29 is 14.1 Å². The maximum Gasteiger partial charge on any atom is 0.255 e. The standard InChI is InChI=1S/C19H16Cl2N2O3/c1-11-15(12(2)26-23-11)10-25-14-8-6-13(7-9-14)19(24)22-17-5-3-4-16(20)18(17)21/h3-9H,10H2,1-2H3,(H,22,24). The van der Waals surface area contributed by atoms with E-state index in [9.17, 15) is 4.79 Å². The van der Waals surface area contributed by atoms with E-state index in [0.717, 1.165) is 17.0 Å². The van der Waals surface area contributed by atoms with Gasteiger partial charge >= 0.3 is 0 Å². The second kappa shape index (κ2) is 7.81. The lowest BCUT2D eigenvalue weighted by molar-refractivity contribution is 0.102. The highest BCUT2D eigenvalue weighted by Gasteiger charge is 2.12. The number of carbonyl (C=O) groups is 1. The zero-order valence-electron chi connectivity index (χ0n) is 14.2. The largest absolute Gasteiger partial charge is 0.489 e. The first kappa shape index (κ1) is 18.3. The van der Waals surface area contributed by atoms with Crippen LogP contribution in [0.2, 0.25) is 10.0 Å². The Morgan fingerprint density at radius 1 is 1.15 bits per heavy atom. The van der Waals surface area contributed by atoms with Crippen LogP contribution in [-0.2, 0) is 6.61 Å². The maximum absolute atomic E-state index is 12.3. The highest BCUT2D eigenvalue weighted by Crippen LogP contribution is 2.30. The minimum Gasteiger partial charge on any atom is -0.489 e. The summed E-state index contributed by atoms with van der Waals surface area (Å²) in [5.74, 6) is 1.09. The Hall–Kier alpha value is -2.50. The third kappa shape index (κ3) is 4.00. The van der Waals surface area contributed by atoms with Gasteiger partial charge in [0.15, 0.2) is 0 Å². The summed E-state index contributed by atoms with van der Waals surface area (Å²) in [6, 6.07) is 11.9. The molecule has 3 rings (SSSR count). The molecule has 0 aliphatic heterocycles. The molecule has 5 nitrogen and oxygen atoms in total. The SMILES string of the molecule is Cc1noc(C)c1COc1ccc(C(=O)Nc2cccc(Cl)c2Cl)cc1. The fourth-order valence-corrected chi connectivity index (χ4v) is 2.71. The average molecular weight is 391 g/mol. The molecule has 0 saturated heterocycles. The Labute approximate surface area is 160 Å². The molecule has 7 heteroatoms. The molecule has 1 heterocycles. The predicted octanol–water partition coefficient (Wildman–Crippen LogP) is 5.43. The van der Waals surface area contributed by atoms with Gasteiger partial charge in [0.2, 0.25) is 0 Å². The number of hydrogen-bond donors (Lipinski definition) is 1. The summed E-state index contributed by atoms with van der Waals surface area (Å²) in [7, 11) is 0. The van der Waals surface area contributed by atoms with Crippen molar-refractivity contribution in [2.24, 2.45) is 0 Å². The van der Waals surface area contributed by atoms with Gasteiger partial charge in [0.25, 0.3) is 5.91 Å². The monoisotopic (exact) mass is 390 g/mol. The molecule has 3 aromatic rings. The molecule has 1 amide bonds. The zero-order valence-corrected chi connectivity index (χ0v) is 15.7. The normalized spacial score (nSPS) is 10.6. The molecular weight excluding hydrogens is 375 g/mol. The molecular formula is C19H16Cl2N2O3. The molecule has 0 fully saturated rings. The summed E-state index contributed by atoms with van der Waals surface area (Å²) in [5.41, 5.74) is 2.66. The molecule has 0 saturated carbocycles. The van der Waals surface area contributed by atoms with Crippen molar-refractivity contribution in [3.63, 3.8) is 0 Å². The van der Waals surface area contributed by atoms with Crippen molar-refractivity contribution in [2.75, 3.05) is 5.32 Å². The van der Waals surface area contributed by atoms with Crippen molar-refractivity contribution >= 4 is 34.8 Å². The van der Waals surface area contributed by atoms with Gasteiger partial charge in [-0.3, -0.25) is 4.79 Å². The lowest BCUT2D eigenvalue weighted by Crippen LogP contribution is -2.12. The molecule has 0 spiro atoms. The first-order valence-electron chi connectivity index (χ1n) is 7.85. The van der Waals surface area contributed by atoms with Crippen LogP contribution in [0.4, 0.5) is 5.69 Å². The number of anilines is 1. The topological polar surface area (TPSA) is 64.4 Å². The smallest absolute Gasteiger partial charge is 0.255 e. The van der Waals surface area contributed by atoms with E-state index >= 15 is 0 Å². The van der Waals surface area contributed by atoms with Gasteiger partial charge in [0, 0.05) is 5.56 Å². The highest BCUT2D eigenvalue weighted by molar-refractivity contribution is 6.44. The van der Waals surface area contributed by atoms with E-state index in [2.05, 4.69) is 10.5 Å². The van der Waals surface area contributed by atoms with Crippen LogP contribution in [0.5, 0.6) is 5.75 Å². The molecule has 0 atom stereocenters. The number of amides is 1. The number of hydrogen-bond acceptors (Lipinski definition) is 4. The molecule has 0 bridgehead atoms. The Morgan fingerprint density at radius 2 is 1.88 bits per heavy atom. The average Bonchev–Trinajstić information content (AvgIpc) is 2.95. The van der Waals surface area contributed by atoms with Crippen LogP contribution in [0.3, 0.4) is 0 Å². The second-order valence-electron chi connectivity index (χ2n) is 5.67. The quantitative estimate of drug-likeness (QED) is 0.630. The molecule has 2 aromatic carbocycles. The molecule has 0 aliphatic rings. The van der Waals surface area contributed by atoms with Gasteiger partial charge < -0.3 is 14.6 Å². The Balaban J connectivity index is 1.65. The lowest BCUT2D eigenvalue weighted by Gasteiger charge is -2.09. The van der Waals surface area contributed by atoms with Gasteiger partial charge in [0.05, 0.1) is 27.0 Å². The Bertz CT molecular complexity index is 917. The summed E-state index contributed by atoms with van der Waals surface area (Å²) in [6.45, 7) is 4.06. The third-order valence-electron chi connectivity index (χ3n) is 3.88. The summed E-state index contributed by atoms with van der Waals surface area (Å²) < 4.78 is 10.8. The highest BCUT2D eigenvalue weighted by atomic mass is 35.5. The van der Waals surface area contributed by atoms with Crippen LogP contribution in [0.1, 0.15) is 27.4 Å². The summed E-state index contributed by atoms with van der Waals surface area (Å²) in [6.07, 6.45) is 0. The van der Waals surface area contributed by atoms with Gasteiger partial charge in [-0.2, -0.15) is 0 Å². The maximum atomic E-state index is 12.3. The van der Waals surface area contributed by atoms with E-state index in [1.165, 1.54) is 0 Å². The van der Waals surface area contributed by atoms with Crippen LogP contribution in [0.25, 0.3) is 0 Å². The Kier molecular flexibility index (Phi) is 5.49. The molecule has 134 valence electrons. The van der Waals surface area contributed by atoms with Gasteiger partial charge in [-0.1, -0.05) is 34.4 Å². The van der Waals surface area contributed by atoms with E-state index < -0.39 is 0 Å². The number of rotatable bonds is 5. The summed E-state index contributed by atoms with van der Waals surface area (Å²) in [5, 5.41) is 7.32. The van der Waals surface area contributed by atoms with Crippen LogP contribution < -0.4 is 10.1 Å². The summed E-state index contributed by atoms with van der Waals surface area (Å²) in [4.78, 5) is 12.3. The summed E-state index contributed by atoms with van der Waals surface area (Å²) >= 11 is 12.0. The van der Waals surface area contributed by atoms with Crippen molar-refractivity contribution in [1.82, 2.24) is 5.16 Å². The van der Waals surface area contributed by atoms with E-state index in [1.54, 1.807) is 42.5 Å². The minimum absolute atomic E-state index is 0.286. The number of carbonyl (C=O) groups excluding carboxylic acids is 1.